The average Bonchev–Trinajstić information content (AvgIpc) is 2.95. The number of hydrogen-bond donors (Lipinski definition) is 1. The Bertz CT molecular complexity index is 531. The molecule has 1 saturated heterocycles. The summed E-state index contributed by atoms with van der Waals surface area (Å²) in [4.78, 5) is 15.5. The van der Waals surface area contributed by atoms with Crippen LogP contribution in [-0.4, -0.2) is 27.1 Å². The van der Waals surface area contributed by atoms with Crippen molar-refractivity contribution in [1.82, 2.24) is 9.38 Å². The molecule has 1 aliphatic rings. The molecule has 0 radical (unpaired) electrons. The lowest BCUT2D eigenvalue weighted by atomic mass is 10.00. The van der Waals surface area contributed by atoms with Gasteiger partial charge in [0.25, 0.3) is 0 Å². The molecule has 88 valence electrons. The fourth-order valence-corrected chi connectivity index (χ4v) is 2.23. The molecule has 1 fully saturated rings. The van der Waals surface area contributed by atoms with Crippen LogP contribution in [0.15, 0.2) is 30.6 Å². The van der Waals surface area contributed by atoms with Crippen LogP contribution in [0.3, 0.4) is 0 Å². The zero-order valence-electron chi connectivity index (χ0n) is 9.11. The molecular formula is C12H12N2O3. The molecule has 3 rings (SSSR count). The van der Waals surface area contributed by atoms with Crippen molar-refractivity contribution in [3.8, 4) is 0 Å². The van der Waals surface area contributed by atoms with Gasteiger partial charge in [-0.15, -0.1) is 0 Å². The number of carboxylic acids is 1. The van der Waals surface area contributed by atoms with E-state index in [9.17, 15) is 4.79 Å². The van der Waals surface area contributed by atoms with E-state index < -0.39 is 18.0 Å². The van der Waals surface area contributed by atoms with E-state index in [1.807, 2.05) is 35.0 Å². The number of hydrogen-bond acceptors (Lipinski definition) is 3. The van der Waals surface area contributed by atoms with Crippen LogP contribution in [0.4, 0.5) is 0 Å². The first-order valence-corrected chi connectivity index (χ1v) is 5.54. The number of aromatic nitrogens is 2. The fraction of sp³-hybridized carbons (Fsp3) is 0.333. The molecule has 2 unspecified atom stereocenters. The summed E-state index contributed by atoms with van der Waals surface area (Å²) in [6, 6.07) is 5.69. The van der Waals surface area contributed by atoms with Gasteiger partial charge < -0.3 is 14.2 Å². The second-order valence-corrected chi connectivity index (χ2v) is 4.16. The van der Waals surface area contributed by atoms with Crippen molar-refractivity contribution >= 4 is 11.6 Å². The lowest BCUT2D eigenvalue weighted by molar-refractivity contribution is -0.143. The SMILES string of the molecule is O=C(O)C1CCOC1c1cn2ccccc2n1. The molecule has 0 aliphatic carbocycles. The van der Waals surface area contributed by atoms with Gasteiger partial charge in [0, 0.05) is 19.0 Å². The van der Waals surface area contributed by atoms with Gasteiger partial charge in [-0.3, -0.25) is 4.79 Å². The Labute approximate surface area is 97.7 Å². The number of carbonyl (C=O) groups is 1. The Hall–Kier alpha value is -1.88. The molecule has 1 aliphatic heterocycles. The van der Waals surface area contributed by atoms with Crippen LogP contribution in [0, 0.1) is 5.92 Å². The summed E-state index contributed by atoms with van der Waals surface area (Å²) in [7, 11) is 0. The van der Waals surface area contributed by atoms with Crippen LogP contribution in [0.2, 0.25) is 0 Å². The van der Waals surface area contributed by atoms with Gasteiger partial charge in [0.1, 0.15) is 11.8 Å². The molecule has 17 heavy (non-hydrogen) atoms. The summed E-state index contributed by atoms with van der Waals surface area (Å²) in [5.41, 5.74) is 1.50. The first-order chi connectivity index (χ1) is 8.25. The van der Waals surface area contributed by atoms with E-state index in [1.165, 1.54) is 0 Å². The van der Waals surface area contributed by atoms with E-state index in [2.05, 4.69) is 4.98 Å². The van der Waals surface area contributed by atoms with E-state index in [0.717, 1.165) is 5.65 Å². The largest absolute Gasteiger partial charge is 0.481 e. The van der Waals surface area contributed by atoms with Crippen molar-refractivity contribution in [1.29, 1.82) is 0 Å². The fourth-order valence-electron chi connectivity index (χ4n) is 2.23. The Morgan fingerprint density at radius 1 is 1.53 bits per heavy atom. The highest BCUT2D eigenvalue weighted by Gasteiger charge is 2.36. The zero-order valence-corrected chi connectivity index (χ0v) is 9.11. The maximum Gasteiger partial charge on any atom is 0.309 e. The number of pyridine rings is 1. The van der Waals surface area contributed by atoms with Crippen LogP contribution in [0.25, 0.3) is 5.65 Å². The summed E-state index contributed by atoms with van der Waals surface area (Å²) in [6.45, 7) is 0.482. The molecule has 2 aromatic heterocycles. The highest BCUT2D eigenvalue weighted by atomic mass is 16.5. The van der Waals surface area contributed by atoms with Crippen molar-refractivity contribution in [3.63, 3.8) is 0 Å². The van der Waals surface area contributed by atoms with Gasteiger partial charge in [0.05, 0.1) is 11.6 Å². The van der Waals surface area contributed by atoms with Gasteiger partial charge in [-0.1, -0.05) is 6.07 Å². The van der Waals surface area contributed by atoms with Gasteiger partial charge in [-0.2, -0.15) is 0 Å². The average molecular weight is 232 g/mol. The summed E-state index contributed by atoms with van der Waals surface area (Å²) < 4.78 is 7.36. The van der Waals surface area contributed by atoms with Crippen molar-refractivity contribution < 1.29 is 14.6 Å². The number of aliphatic carboxylic acids is 1. The van der Waals surface area contributed by atoms with Crippen molar-refractivity contribution in [3.05, 3.63) is 36.3 Å². The Morgan fingerprint density at radius 3 is 3.18 bits per heavy atom. The quantitative estimate of drug-likeness (QED) is 0.852. The minimum atomic E-state index is -0.815. The monoisotopic (exact) mass is 232 g/mol. The molecule has 3 heterocycles. The number of ether oxygens (including phenoxy) is 1. The molecule has 0 amide bonds. The summed E-state index contributed by atoms with van der Waals surface area (Å²) in [5, 5.41) is 9.11. The standard InChI is InChI=1S/C12H12N2O3/c15-12(16)8-4-6-17-11(8)9-7-14-5-2-1-3-10(14)13-9/h1-3,5,7-8,11H,4,6H2,(H,15,16). The minimum absolute atomic E-state index is 0.424. The van der Waals surface area contributed by atoms with Gasteiger partial charge in [0.2, 0.25) is 0 Å². The van der Waals surface area contributed by atoms with E-state index in [4.69, 9.17) is 9.84 Å². The predicted octanol–water partition coefficient (Wildman–Crippen LogP) is 1.50. The number of carboxylic acid groups (broad SMARTS) is 1. The zero-order chi connectivity index (χ0) is 11.8. The summed E-state index contributed by atoms with van der Waals surface area (Å²) >= 11 is 0. The molecular weight excluding hydrogens is 220 g/mol. The molecule has 0 saturated carbocycles. The first kappa shape index (κ1) is 10.3. The lowest BCUT2D eigenvalue weighted by Gasteiger charge is -2.11. The molecule has 2 atom stereocenters. The third-order valence-electron chi connectivity index (χ3n) is 3.08. The molecule has 2 aromatic rings. The van der Waals surface area contributed by atoms with Crippen LogP contribution in [0.5, 0.6) is 0 Å². The molecule has 0 bridgehead atoms. The van der Waals surface area contributed by atoms with E-state index in [-0.39, 0.29) is 0 Å². The predicted molar refractivity (Wildman–Crippen MR) is 59.6 cm³/mol. The third-order valence-corrected chi connectivity index (χ3v) is 3.08. The molecule has 1 N–H and O–H groups in total. The van der Waals surface area contributed by atoms with Crippen molar-refractivity contribution in [2.75, 3.05) is 6.61 Å². The highest BCUT2D eigenvalue weighted by Crippen LogP contribution is 2.34. The second kappa shape index (κ2) is 3.85. The Morgan fingerprint density at radius 2 is 2.41 bits per heavy atom. The highest BCUT2D eigenvalue weighted by molar-refractivity contribution is 5.71. The molecule has 0 spiro atoms. The maximum atomic E-state index is 11.1. The molecule has 5 nitrogen and oxygen atoms in total. The number of fused-ring (bicyclic) bond motifs is 1. The summed E-state index contributed by atoms with van der Waals surface area (Å²) in [5.74, 6) is -1.30. The van der Waals surface area contributed by atoms with Crippen molar-refractivity contribution in [2.24, 2.45) is 5.92 Å². The Balaban J connectivity index is 2.00. The van der Waals surface area contributed by atoms with Gasteiger partial charge >= 0.3 is 5.97 Å². The van der Waals surface area contributed by atoms with Crippen LogP contribution in [0.1, 0.15) is 18.2 Å². The van der Waals surface area contributed by atoms with Crippen LogP contribution in [-0.2, 0) is 9.53 Å². The normalized spacial score (nSPS) is 24.2. The number of rotatable bonds is 2. The smallest absolute Gasteiger partial charge is 0.309 e. The van der Waals surface area contributed by atoms with E-state index in [1.54, 1.807) is 0 Å². The first-order valence-electron chi connectivity index (χ1n) is 5.54. The van der Waals surface area contributed by atoms with E-state index in [0.29, 0.717) is 18.7 Å². The summed E-state index contributed by atoms with van der Waals surface area (Å²) in [6.07, 6.45) is 3.85. The third kappa shape index (κ3) is 1.68. The topological polar surface area (TPSA) is 63.8 Å². The van der Waals surface area contributed by atoms with Gasteiger partial charge in [-0.25, -0.2) is 4.98 Å². The molecule has 0 aromatic carbocycles. The Kier molecular flexibility index (Phi) is 2.33. The number of nitrogens with zero attached hydrogens (tertiary/aromatic N) is 2. The van der Waals surface area contributed by atoms with E-state index >= 15 is 0 Å². The van der Waals surface area contributed by atoms with Crippen LogP contribution >= 0.6 is 0 Å². The van der Waals surface area contributed by atoms with Crippen molar-refractivity contribution in [2.45, 2.75) is 12.5 Å². The lowest BCUT2D eigenvalue weighted by Crippen LogP contribution is -2.17. The second-order valence-electron chi connectivity index (χ2n) is 4.16. The van der Waals surface area contributed by atoms with Crippen LogP contribution < -0.4 is 0 Å². The minimum Gasteiger partial charge on any atom is -0.481 e. The molecule has 5 heteroatoms. The van der Waals surface area contributed by atoms with Gasteiger partial charge in [-0.05, 0) is 18.6 Å². The maximum absolute atomic E-state index is 11.1. The van der Waals surface area contributed by atoms with Gasteiger partial charge in [0.15, 0.2) is 0 Å². The number of imidazole rings is 1.